The Labute approximate surface area is 198 Å². The van der Waals surface area contributed by atoms with E-state index in [-0.39, 0.29) is 5.91 Å². The van der Waals surface area contributed by atoms with Gasteiger partial charge in [0.2, 0.25) is 5.91 Å². The van der Waals surface area contributed by atoms with Crippen molar-refractivity contribution in [3.63, 3.8) is 0 Å². The van der Waals surface area contributed by atoms with Gasteiger partial charge in [-0.3, -0.25) is 4.79 Å². The number of carbonyl (C=O) groups is 1. The molecule has 2 fully saturated rings. The molecule has 33 heavy (non-hydrogen) atoms. The lowest BCUT2D eigenvalue weighted by molar-refractivity contribution is -0.121. The number of morpholine rings is 1. The van der Waals surface area contributed by atoms with Crippen molar-refractivity contribution in [2.75, 3.05) is 36.5 Å². The third kappa shape index (κ3) is 4.59. The molecular formula is C26H27ClN4O2. The molecule has 2 heterocycles. The minimum Gasteiger partial charge on any atom is -0.378 e. The Balaban J connectivity index is 1.34. The standard InChI is InChI=1S/C26H27ClN4O2/c27-21-8-6-20(7-9-21)26(12-1-2-13-26)25(32)28-22-5-3-4-19(18-22)23-10-11-24(30-29-23)31-14-16-33-17-15-31/h3-11,18H,1-2,12-17H2,(H,28,32). The van der Waals surface area contributed by atoms with Crippen LogP contribution >= 0.6 is 11.6 Å². The van der Waals surface area contributed by atoms with Crippen molar-refractivity contribution in [3.8, 4) is 11.3 Å². The van der Waals surface area contributed by atoms with Crippen LogP contribution in [0.1, 0.15) is 31.2 Å². The minimum absolute atomic E-state index is 0.0354. The van der Waals surface area contributed by atoms with Crippen LogP contribution in [0.4, 0.5) is 11.5 Å². The number of halogens is 1. The Morgan fingerprint density at radius 3 is 2.42 bits per heavy atom. The zero-order valence-electron chi connectivity index (χ0n) is 18.5. The predicted molar refractivity (Wildman–Crippen MR) is 131 cm³/mol. The van der Waals surface area contributed by atoms with E-state index in [2.05, 4.69) is 20.4 Å². The Bertz CT molecular complexity index is 1110. The zero-order valence-corrected chi connectivity index (χ0v) is 19.2. The number of benzene rings is 2. The second kappa shape index (κ2) is 9.49. The summed E-state index contributed by atoms with van der Waals surface area (Å²) in [4.78, 5) is 15.7. The molecule has 7 heteroatoms. The molecule has 2 aromatic carbocycles. The molecule has 1 aliphatic heterocycles. The van der Waals surface area contributed by atoms with Crippen LogP contribution in [0.5, 0.6) is 0 Å². The first-order valence-electron chi connectivity index (χ1n) is 11.5. The van der Waals surface area contributed by atoms with Crippen LogP contribution in [0.3, 0.4) is 0 Å². The van der Waals surface area contributed by atoms with E-state index in [0.717, 1.165) is 67.1 Å². The average Bonchev–Trinajstić information content (AvgIpc) is 3.37. The van der Waals surface area contributed by atoms with E-state index in [4.69, 9.17) is 16.3 Å². The van der Waals surface area contributed by atoms with Gasteiger partial charge in [0.25, 0.3) is 0 Å². The van der Waals surface area contributed by atoms with E-state index in [9.17, 15) is 4.79 Å². The van der Waals surface area contributed by atoms with Gasteiger partial charge in [0.15, 0.2) is 5.82 Å². The van der Waals surface area contributed by atoms with Gasteiger partial charge in [-0.25, -0.2) is 0 Å². The van der Waals surface area contributed by atoms with Crippen molar-refractivity contribution in [1.82, 2.24) is 10.2 Å². The monoisotopic (exact) mass is 462 g/mol. The third-order valence-corrected chi connectivity index (χ3v) is 6.94. The van der Waals surface area contributed by atoms with Gasteiger partial charge in [0.05, 0.1) is 24.3 Å². The molecule has 3 aromatic rings. The van der Waals surface area contributed by atoms with Crippen LogP contribution in [0, 0.1) is 0 Å². The lowest BCUT2D eigenvalue weighted by Gasteiger charge is -2.28. The number of nitrogens with one attached hydrogen (secondary N) is 1. The van der Waals surface area contributed by atoms with Crippen LogP contribution in [0.25, 0.3) is 11.3 Å². The van der Waals surface area contributed by atoms with E-state index in [1.807, 2.05) is 60.7 Å². The molecule has 1 aromatic heterocycles. The highest BCUT2D eigenvalue weighted by atomic mass is 35.5. The van der Waals surface area contributed by atoms with Gasteiger partial charge < -0.3 is 15.0 Å². The van der Waals surface area contributed by atoms with Crippen molar-refractivity contribution >= 4 is 29.0 Å². The summed E-state index contributed by atoms with van der Waals surface area (Å²) in [7, 11) is 0. The summed E-state index contributed by atoms with van der Waals surface area (Å²) in [5, 5.41) is 12.7. The van der Waals surface area contributed by atoms with Crippen LogP contribution in [0.15, 0.2) is 60.7 Å². The van der Waals surface area contributed by atoms with E-state index < -0.39 is 5.41 Å². The normalized spacial score (nSPS) is 17.7. The highest BCUT2D eigenvalue weighted by Crippen LogP contribution is 2.42. The lowest BCUT2D eigenvalue weighted by Crippen LogP contribution is -2.38. The molecule has 0 radical (unpaired) electrons. The largest absolute Gasteiger partial charge is 0.378 e. The van der Waals surface area contributed by atoms with Gasteiger partial charge in [-0.15, -0.1) is 10.2 Å². The molecule has 0 atom stereocenters. The number of ether oxygens (including phenoxy) is 1. The number of rotatable bonds is 5. The molecule has 1 saturated heterocycles. The highest BCUT2D eigenvalue weighted by Gasteiger charge is 2.42. The highest BCUT2D eigenvalue weighted by molar-refractivity contribution is 6.30. The average molecular weight is 463 g/mol. The van der Waals surface area contributed by atoms with Gasteiger partial charge >= 0.3 is 0 Å². The van der Waals surface area contributed by atoms with Crippen molar-refractivity contribution < 1.29 is 9.53 Å². The molecule has 1 aliphatic carbocycles. The van der Waals surface area contributed by atoms with Gasteiger partial charge in [-0.05, 0) is 54.8 Å². The number of nitrogens with zero attached hydrogens (tertiary/aromatic N) is 3. The lowest BCUT2D eigenvalue weighted by atomic mass is 9.78. The fourth-order valence-electron chi connectivity index (χ4n) is 4.84. The van der Waals surface area contributed by atoms with Crippen LogP contribution in [-0.2, 0) is 14.9 Å². The number of hydrogen-bond donors (Lipinski definition) is 1. The van der Waals surface area contributed by atoms with Crippen molar-refractivity contribution in [2.45, 2.75) is 31.1 Å². The van der Waals surface area contributed by atoms with Crippen LogP contribution < -0.4 is 10.2 Å². The molecule has 1 saturated carbocycles. The molecule has 6 nitrogen and oxygen atoms in total. The Morgan fingerprint density at radius 2 is 1.73 bits per heavy atom. The molecule has 1 N–H and O–H groups in total. The summed E-state index contributed by atoms with van der Waals surface area (Å²) < 4.78 is 5.41. The van der Waals surface area contributed by atoms with E-state index in [1.54, 1.807) is 0 Å². The van der Waals surface area contributed by atoms with Gasteiger partial charge in [-0.1, -0.05) is 48.7 Å². The third-order valence-electron chi connectivity index (χ3n) is 6.69. The summed E-state index contributed by atoms with van der Waals surface area (Å²) in [6.07, 6.45) is 3.77. The number of hydrogen-bond acceptors (Lipinski definition) is 5. The molecule has 5 rings (SSSR count). The quantitative estimate of drug-likeness (QED) is 0.572. The second-order valence-electron chi connectivity index (χ2n) is 8.71. The maximum atomic E-state index is 13.5. The van der Waals surface area contributed by atoms with Gasteiger partial charge in [0.1, 0.15) is 0 Å². The number of carbonyl (C=O) groups excluding carboxylic acids is 1. The SMILES string of the molecule is O=C(Nc1cccc(-c2ccc(N3CCOCC3)nn2)c1)C1(c2ccc(Cl)cc2)CCCC1. The first kappa shape index (κ1) is 21.9. The fourth-order valence-corrected chi connectivity index (χ4v) is 4.97. The second-order valence-corrected chi connectivity index (χ2v) is 9.14. The Kier molecular flexibility index (Phi) is 6.29. The Morgan fingerprint density at radius 1 is 0.970 bits per heavy atom. The molecule has 1 amide bonds. The van der Waals surface area contributed by atoms with Crippen LogP contribution in [-0.4, -0.2) is 42.4 Å². The molecule has 170 valence electrons. The van der Waals surface area contributed by atoms with E-state index in [1.165, 1.54) is 0 Å². The molecular weight excluding hydrogens is 436 g/mol. The maximum absolute atomic E-state index is 13.5. The van der Waals surface area contributed by atoms with Crippen molar-refractivity contribution in [1.29, 1.82) is 0 Å². The van der Waals surface area contributed by atoms with Crippen LogP contribution in [0.2, 0.25) is 5.02 Å². The Hall–Kier alpha value is -2.96. The minimum atomic E-state index is -0.514. The maximum Gasteiger partial charge on any atom is 0.235 e. The van der Waals surface area contributed by atoms with Crippen molar-refractivity contribution in [3.05, 3.63) is 71.2 Å². The van der Waals surface area contributed by atoms with Crippen molar-refractivity contribution in [2.24, 2.45) is 0 Å². The fraction of sp³-hybridized carbons (Fsp3) is 0.346. The molecule has 2 aliphatic rings. The summed E-state index contributed by atoms with van der Waals surface area (Å²) in [6, 6.07) is 19.5. The smallest absolute Gasteiger partial charge is 0.235 e. The van der Waals surface area contributed by atoms with Gasteiger partial charge in [0, 0.05) is 29.4 Å². The van der Waals surface area contributed by atoms with Gasteiger partial charge in [-0.2, -0.15) is 0 Å². The summed E-state index contributed by atoms with van der Waals surface area (Å²) in [6.45, 7) is 3.07. The molecule has 0 spiro atoms. The summed E-state index contributed by atoms with van der Waals surface area (Å²) in [5.74, 6) is 0.894. The topological polar surface area (TPSA) is 67.4 Å². The van der Waals surface area contributed by atoms with E-state index >= 15 is 0 Å². The molecule has 0 unspecified atom stereocenters. The number of amides is 1. The number of aromatic nitrogens is 2. The van der Waals surface area contributed by atoms with E-state index in [0.29, 0.717) is 18.2 Å². The zero-order chi connectivity index (χ0) is 22.7. The predicted octanol–water partition coefficient (Wildman–Crippen LogP) is 5.08. The summed E-state index contributed by atoms with van der Waals surface area (Å²) >= 11 is 6.08. The first-order chi connectivity index (χ1) is 16.1. The number of anilines is 2. The molecule has 0 bridgehead atoms. The summed E-state index contributed by atoms with van der Waals surface area (Å²) in [5.41, 5.74) is 2.97. The first-order valence-corrected chi connectivity index (χ1v) is 11.9.